The third kappa shape index (κ3) is 3.01. The summed E-state index contributed by atoms with van der Waals surface area (Å²) in [5.74, 6) is 0.708. The van der Waals surface area contributed by atoms with Crippen molar-refractivity contribution in [1.82, 2.24) is 20.5 Å². The zero-order valence-corrected chi connectivity index (χ0v) is 10.8. The summed E-state index contributed by atoms with van der Waals surface area (Å²) >= 11 is 0. The number of aryl methyl sites for hydroxylation is 2. The summed E-state index contributed by atoms with van der Waals surface area (Å²) in [6.45, 7) is 4.58. The van der Waals surface area contributed by atoms with Gasteiger partial charge in [0.25, 0.3) is 0 Å². The lowest BCUT2D eigenvalue weighted by molar-refractivity contribution is 0.430. The Morgan fingerprint density at radius 1 is 1.06 bits per heavy atom. The van der Waals surface area contributed by atoms with E-state index in [1.165, 1.54) is 5.56 Å². The van der Waals surface area contributed by atoms with E-state index in [4.69, 9.17) is 4.74 Å². The van der Waals surface area contributed by atoms with E-state index in [-0.39, 0.29) is 6.01 Å². The highest BCUT2D eigenvalue weighted by Gasteiger charge is 2.04. The quantitative estimate of drug-likeness (QED) is 0.891. The molecule has 0 unspecified atom stereocenters. The molecule has 18 heavy (non-hydrogen) atoms. The van der Waals surface area contributed by atoms with Crippen LogP contribution in [0.1, 0.15) is 17.0 Å². The molecule has 0 radical (unpaired) electrons. The summed E-state index contributed by atoms with van der Waals surface area (Å²) in [4.78, 5) is 4.22. The average molecular weight is 244 g/mol. The molecule has 0 aliphatic heterocycles. The fourth-order valence-electron chi connectivity index (χ4n) is 1.46. The van der Waals surface area contributed by atoms with Crippen molar-refractivity contribution in [3.8, 4) is 11.8 Å². The van der Waals surface area contributed by atoms with Crippen molar-refractivity contribution in [3.63, 3.8) is 0 Å². The van der Waals surface area contributed by atoms with E-state index in [2.05, 4.69) is 20.5 Å². The summed E-state index contributed by atoms with van der Waals surface area (Å²) in [6.07, 6.45) is 0. The summed E-state index contributed by atoms with van der Waals surface area (Å²) in [6, 6.07) is 8.07. The van der Waals surface area contributed by atoms with Gasteiger partial charge in [0.15, 0.2) is 0 Å². The number of hydrogen-bond donors (Lipinski definition) is 1. The van der Waals surface area contributed by atoms with Crippen molar-refractivity contribution in [2.24, 2.45) is 0 Å². The van der Waals surface area contributed by atoms with Gasteiger partial charge in [-0.2, -0.15) is 4.98 Å². The summed E-state index contributed by atoms with van der Waals surface area (Å²) in [5, 5.41) is 11.0. The van der Waals surface area contributed by atoms with E-state index in [9.17, 15) is 0 Å². The first-order chi connectivity index (χ1) is 8.69. The van der Waals surface area contributed by atoms with Gasteiger partial charge < -0.3 is 10.1 Å². The summed E-state index contributed by atoms with van der Waals surface area (Å²) in [5.41, 5.74) is 2.84. The zero-order valence-electron chi connectivity index (χ0n) is 10.8. The van der Waals surface area contributed by atoms with Gasteiger partial charge >= 0.3 is 6.01 Å². The first-order valence-electron chi connectivity index (χ1n) is 5.78. The Bertz CT molecular complexity index is 525. The topological polar surface area (TPSA) is 59.9 Å². The van der Waals surface area contributed by atoms with Crippen molar-refractivity contribution in [2.45, 2.75) is 20.4 Å². The third-order valence-electron chi connectivity index (χ3n) is 2.59. The van der Waals surface area contributed by atoms with Crippen molar-refractivity contribution < 1.29 is 4.74 Å². The second kappa shape index (κ2) is 5.55. The highest BCUT2D eigenvalue weighted by atomic mass is 16.5. The zero-order chi connectivity index (χ0) is 13.0. The van der Waals surface area contributed by atoms with Crippen LogP contribution in [-0.2, 0) is 6.54 Å². The third-order valence-corrected chi connectivity index (χ3v) is 2.59. The minimum atomic E-state index is 0.277. The number of hydrogen-bond acceptors (Lipinski definition) is 5. The molecule has 2 aromatic rings. The van der Waals surface area contributed by atoms with E-state index >= 15 is 0 Å². The van der Waals surface area contributed by atoms with Gasteiger partial charge in [-0.05, 0) is 38.6 Å². The summed E-state index contributed by atoms with van der Waals surface area (Å²) < 4.78 is 5.54. The standard InChI is InChI=1S/C13H16N4O/c1-9-10(2)16-17-13(15-9)18-12-6-4-11(5-7-12)8-14-3/h4-7,14H,8H2,1-3H3. The number of aromatic nitrogens is 3. The lowest BCUT2D eigenvalue weighted by Gasteiger charge is -2.05. The van der Waals surface area contributed by atoms with Crippen LogP contribution in [0.5, 0.6) is 11.8 Å². The Kier molecular flexibility index (Phi) is 3.84. The van der Waals surface area contributed by atoms with E-state index in [0.29, 0.717) is 5.75 Å². The molecule has 2 rings (SSSR count). The molecule has 0 spiro atoms. The molecule has 1 N–H and O–H groups in total. The molecule has 5 nitrogen and oxygen atoms in total. The van der Waals surface area contributed by atoms with Crippen LogP contribution in [0.4, 0.5) is 0 Å². The lowest BCUT2D eigenvalue weighted by atomic mass is 10.2. The fraction of sp³-hybridized carbons (Fsp3) is 0.308. The molecule has 0 saturated heterocycles. The van der Waals surface area contributed by atoms with Gasteiger partial charge in [0.2, 0.25) is 0 Å². The second-order valence-electron chi connectivity index (χ2n) is 4.04. The molecule has 1 heterocycles. The van der Waals surface area contributed by atoms with Crippen LogP contribution < -0.4 is 10.1 Å². The van der Waals surface area contributed by atoms with Gasteiger partial charge in [0.1, 0.15) is 5.75 Å². The average Bonchev–Trinajstić information content (AvgIpc) is 2.37. The molecule has 94 valence electrons. The first kappa shape index (κ1) is 12.4. The molecule has 0 saturated carbocycles. The minimum Gasteiger partial charge on any atom is -0.423 e. The SMILES string of the molecule is CNCc1ccc(Oc2nnc(C)c(C)n2)cc1. The predicted molar refractivity (Wildman–Crippen MR) is 68.6 cm³/mol. The Morgan fingerprint density at radius 2 is 1.78 bits per heavy atom. The lowest BCUT2D eigenvalue weighted by Crippen LogP contribution is -2.04. The monoisotopic (exact) mass is 244 g/mol. The van der Waals surface area contributed by atoms with Crippen molar-refractivity contribution in [1.29, 1.82) is 0 Å². The fourth-order valence-corrected chi connectivity index (χ4v) is 1.46. The van der Waals surface area contributed by atoms with Crippen molar-refractivity contribution in [2.75, 3.05) is 7.05 Å². The Morgan fingerprint density at radius 3 is 2.39 bits per heavy atom. The number of rotatable bonds is 4. The van der Waals surface area contributed by atoms with Gasteiger partial charge in [-0.15, -0.1) is 5.10 Å². The van der Waals surface area contributed by atoms with Crippen molar-refractivity contribution in [3.05, 3.63) is 41.2 Å². The molecule has 5 heteroatoms. The van der Waals surface area contributed by atoms with Crippen LogP contribution in [0.25, 0.3) is 0 Å². The van der Waals surface area contributed by atoms with Gasteiger partial charge in [0.05, 0.1) is 11.4 Å². The maximum absolute atomic E-state index is 5.54. The van der Waals surface area contributed by atoms with Crippen LogP contribution in [0.3, 0.4) is 0 Å². The van der Waals surface area contributed by atoms with E-state index in [1.54, 1.807) is 0 Å². The predicted octanol–water partition coefficient (Wildman–Crippen LogP) is 2.00. The molecule has 1 aromatic heterocycles. The van der Waals surface area contributed by atoms with Crippen LogP contribution in [0.15, 0.2) is 24.3 Å². The van der Waals surface area contributed by atoms with Crippen molar-refractivity contribution >= 4 is 0 Å². The Hall–Kier alpha value is -2.01. The smallest absolute Gasteiger partial charge is 0.341 e. The summed E-state index contributed by atoms with van der Waals surface area (Å²) in [7, 11) is 1.92. The highest BCUT2D eigenvalue weighted by molar-refractivity contribution is 5.29. The van der Waals surface area contributed by atoms with Gasteiger partial charge in [0, 0.05) is 6.54 Å². The molecule has 0 aliphatic rings. The van der Waals surface area contributed by atoms with Gasteiger partial charge in [-0.25, -0.2) is 0 Å². The minimum absolute atomic E-state index is 0.277. The van der Waals surface area contributed by atoms with Gasteiger partial charge in [-0.3, -0.25) is 0 Å². The number of benzene rings is 1. The molecule has 1 aromatic carbocycles. The molecular weight excluding hydrogens is 228 g/mol. The van der Waals surface area contributed by atoms with Crippen LogP contribution in [0.2, 0.25) is 0 Å². The Labute approximate surface area is 106 Å². The van der Waals surface area contributed by atoms with E-state index in [1.807, 2.05) is 45.2 Å². The number of ether oxygens (including phenoxy) is 1. The maximum atomic E-state index is 5.54. The molecular formula is C13H16N4O. The number of nitrogens with one attached hydrogen (secondary N) is 1. The van der Waals surface area contributed by atoms with Crippen LogP contribution in [0, 0.1) is 13.8 Å². The van der Waals surface area contributed by atoms with Crippen LogP contribution in [-0.4, -0.2) is 22.2 Å². The van der Waals surface area contributed by atoms with E-state index < -0.39 is 0 Å². The number of nitrogens with zero attached hydrogens (tertiary/aromatic N) is 3. The molecule has 0 fully saturated rings. The normalized spacial score (nSPS) is 10.4. The highest BCUT2D eigenvalue weighted by Crippen LogP contribution is 2.18. The first-order valence-corrected chi connectivity index (χ1v) is 5.78. The largest absolute Gasteiger partial charge is 0.423 e. The molecule has 0 amide bonds. The molecule has 0 atom stereocenters. The molecule has 0 aliphatic carbocycles. The van der Waals surface area contributed by atoms with Crippen LogP contribution >= 0.6 is 0 Å². The van der Waals surface area contributed by atoms with Gasteiger partial charge in [-0.1, -0.05) is 17.2 Å². The maximum Gasteiger partial charge on any atom is 0.341 e. The second-order valence-corrected chi connectivity index (χ2v) is 4.04. The van der Waals surface area contributed by atoms with E-state index in [0.717, 1.165) is 17.9 Å². The molecule has 0 bridgehead atoms. The Balaban J connectivity index is 2.10.